The Labute approximate surface area is 246 Å². The number of nitrogens with one attached hydrogen (secondary N) is 1. The van der Waals surface area contributed by atoms with E-state index < -0.39 is 11.8 Å². The summed E-state index contributed by atoms with van der Waals surface area (Å²) in [5, 5.41) is 2.27. The van der Waals surface area contributed by atoms with Crippen LogP contribution >= 0.6 is 0 Å². The number of amides is 4. The highest BCUT2D eigenvalue weighted by Crippen LogP contribution is 2.35. The van der Waals surface area contributed by atoms with Gasteiger partial charge in [-0.15, -0.1) is 0 Å². The molecular weight excluding hydrogens is 538 g/mol. The predicted octanol–water partition coefficient (Wildman–Crippen LogP) is 4.90. The van der Waals surface area contributed by atoms with Gasteiger partial charge < -0.3 is 23.8 Å². The number of cyclic esters (lactones) is 1. The number of fused-ring (bicyclic) bond motifs is 1. The molecule has 1 atom stereocenters. The topological polar surface area (TPSA) is 107 Å². The summed E-state index contributed by atoms with van der Waals surface area (Å²) in [6, 6.07) is 12.8. The summed E-state index contributed by atoms with van der Waals surface area (Å²) in [6.07, 6.45) is 3.97. The fraction of sp³-hybridized carbons (Fsp3) is 0.469. The maximum absolute atomic E-state index is 12.4. The van der Waals surface area contributed by atoms with E-state index in [0.717, 1.165) is 48.1 Å². The van der Waals surface area contributed by atoms with Crippen LogP contribution in [0.4, 0.5) is 15.3 Å². The Kier molecular flexibility index (Phi) is 9.30. The van der Waals surface area contributed by atoms with Crippen molar-refractivity contribution in [2.24, 2.45) is 0 Å². The van der Waals surface area contributed by atoms with Crippen LogP contribution in [-0.4, -0.2) is 61.6 Å². The Morgan fingerprint density at radius 3 is 2.74 bits per heavy atom. The maximum Gasteiger partial charge on any atom is 0.410 e. The first kappa shape index (κ1) is 29.4. The number of carbonyl (C=O) groups excluding carboxylic acids is 3. The number of hydrogen-bond acceptors (Lipinski definition) is 7. The fourth-order valence-electron chi connectivity index (χ4n) is 5.07. The van der Waals surface area contributed by atoms with Crippen molar-refractivity contribution in [1.29, 1.82) is 0 Å². The van der Waals surface area contributed by atoms with Gasteiger partial charge in [-0.25, -0.2) is 9.59 Å². The quantitative estimate of drug-likeness (QED) is 0.231. The summed E-state index contributed by atoms with van der Waals surface area (Å²) in [6.45, 7) is 6.72. The van der Waals surface area contributed by atoms with E-state index in [2.05, 4.69) is 17.2 Å². The SMILES string of the molecule is CC1(C)OCc2cc([C@@H]3CN(CCCCCCOCCC#Cc4cccc(N5CC(=O)NC5=O)c4)C(=O)O3)ccc2O1. The summed E-state index contributed by atoms with van der Waals surface area (Å²) >= 11 is 0. The molecular formula is C32H37N3O7. The lowest BCUT2D eigenvalue weighted by molar-refractivity contribution is -0.180. The smallest absolute Gasteiger partial charge is 0.410 e. The van der Waals surface area contributed by atoms with Crippen LogP contribution in [0.5, 0.6) is 5.75 Å². The Balaban J connectivity index is 0.931. The van der Waals surface area contributed by atoms with Gasteiger partial charge in [0.25, 0.3) is 0 Å². The molecule has 0 saturated carbocycles. The van der Waals surface area contributed by atoms with Gasteiger partial charge in [-0.2, -0.15) is 0 Å². The Morgan fingerprint density at radius 1 is 1.05 bits per heavy atom. The number of anilines is 1. The lowest BCUT2D eigenvalue weighted by atomic mass is 10.0. The fourth-order valence-corrected chi connectivity index (χ4v) is 5.07. The van der Waals surface area contributed by atoms with Crippen molar-refractivity contribution in [3.05, 3.63) is 59.2 Å². The van der Waals surface area contributed by atoms with Gasteiger partial charge in [0.15, 0.2) is 0 Å². The van der Waals surface area contributed by atoms with Crippen LogP contribution in [0, 0.1) is 11.8 Å². The van der Waals surface area contributed by atoms with Gasteiger partial charge in [0, 0.05) is 50.2 Å². The molecule has 10 nitrogen and oxygen atoms in total. The van der Waals surface area contributed by atoms with Crippen LogP contribution in [0.1, 0.15) is 68.7 Å². The summed E-state index contributed by atoms with van der Waals surface area (Å²) < 4.78 is 23.0. The molecule has 3 aliphatic heterocycles. The summed E-state index contributed by atoms with van der Waals surface area (Å²) in [5.41, 5.74) is 3.35. The third-order valence-corrected chi connectivity index (χ3v) is 7.30. The standard InChI is InChI=1S/C32H37N3O7/c1-32(2)40-22-25-19-24(13-14-27(25)42-32)28-20-34(31(38)41-28)15-6-3-4-7-16-39-17-8-5-10-23-11-9-12-26(18-23)35-21-29(36)33-30(35)37/h9,11-14,18-19,28H,3-4,6-8,15-17,20-22H2,1-2H3,(H,33,36,37)/t28-/m0/s1. The van der Waals surface area contributed by atoms with E-state index in [0.29, 0.717) is 45.0 Å². The highest BCUT2D eigenvalue weighted by molar-refractivity contribution is 6.12. The molecule has 2 fully saturated rings. The Hall–Kier alpha value is -4.07. The molecule has 2 saturated heterocycles. The first-order valence-corrected chi connectivity index (χ1v) is 14.5. The predicted molar refractivity (Wildman–Crippen MR) is 155 cm³/mol. The molecule has 3 heterocycles. The van der Waals surface area contributed by atoms with Crippen LogP contribution < -0.4 is 15.0 Å². The molecule has 0 aliphatic carbocycles. The lowest BCUT2D eigenvalue weighted by Crippen LogP contribution is -2.35. The largest absolute Gasteiger partial charge is 0.463 e. The number of imide groups is 1. The number of nitrogens with zero attached hydrogens (tertiary/aromatic N) is 2. The highest BCUT2D eigenvalue weighted by atomic mass is 16.7. The second-order valence-corrected chi connectivity index (χ2v) is 11.0. The Bertz CT molecular complexity index is 1380. The molecule has 42 heavy (non-hydrogen) atoms. The van der Waals surface area contributed by atoms with Crippen molar-refractivity contribution >= 4 is 23.7 Å². The van der Waals surface area contributed by atoms with E-state index >= 15 is 0 Å². The molecule has 0 aromatic heterocycles. The molecule has 2 aromatic rings. The van der Waals surface area contributed by atoms with Gasteiger partial charge >= 0.3 is 12.1 Å². The van der Waals surface area contributed by atoms with Crippen molar-refractivity contribution < 1.29 is 33.3 Å². The van der Waals surface area contributed by atoms with Crippen LogP contribution in [-0.2, 0) is 25.6 Å². The zero-order valence-corrected chi connectivity index (χ0v) is 24.1. The molecule has 2 aromatic carbocycles. The van der Waals surface area contributed by atoms with Crippen molar-refractivity contribution in [3.63, 3.8) is 0 Å². The average Bonchev–Trinajstić information content (AvgIpc) is 3.51. The number of carbonyl (C=O) groups is 3. The van der Waals surface area contributed by atoms with E-state index in [9.17, 15) is 14.4 Å². The minimum Gasteiger partial charge on any atom is -0.463 e. The van der Waals surface area contributed by atoms with Crippen molar-refractivity contribution in [1.82, 2.24) is 10.2 Å². The minimum absolute atomic E-state index is 0.0241. The summed E-state index contributed by atoms with van der Waals surface area (Å²) in [4.78, 5) is 38.8. The second kappa shape index (κ2) is 13.3. The zero-order chi connectivity index (χ0) is 29.5. The highest BCUT2D eigenvalue weighted by Gasteiger charge is 2.34. The molecule has 3 aliphatic rings. The average molecular weight is 576 g/mol. The van der Waals surface area contributed by atoms with Gasteiger partial charge in [-0.05, 0) is 48.7 Å². The number of hydrogen-bond donors (Lipinski definition) is 1. The molecule has 0 unspecified atom stereocenters. The maximum atomic E-state index is 12.4. The van der Waals surface area contributed by atoms with E-state index in [1.54, 1.807) is 17.0 Å². The number of ether oxygens (including phenoxy) is 4. The number of rotatable bonds is 11. The van der Waals surface area contributed by atoms with E-state index in [1.165, 1.54) is 4.90 Å². The van der Waals surface area contributed by atoms with Crippen LogP contribution in [0.15, 0.2) is 42.5 Å². The summed E-state index contributed by atoms with van der Waals surface area (Å²) in [7, 11) is 0. The number of urea groups is 1. The van der Waals surface area contributed by atoms with E-state index in [1.807, 2.05) is 44.2 Å². The molecule has 4 amide bonds. The minimum atomic E-state index is -0.637. The third kappa shape index (κ3) is 7.60. The normalized spacial score (nSPS) is 19.1. The first-order valence-electron chi connectivity index (χ1n) is 14.5. The van der Waals surface area contributed by atoms with E-state index in [4.69, 9.17) is 18.9 Å². The zero-order valence-electron chi connectivity index (χ0n) is 24.1. The second-order valence-electron chi connectivity index (χ2n) is 11.0. The van der Waals surface area contributed by atoms with Crippen LogP contribution in [0.2, 0.25) is 0 Å². The van der Waals surface area contributed by atoms with Gasteiger partial charge in [0.1, 0.15) is 18.4 Å². The molecule has 10 heteroatoms. The summed E-state index contributed by atoms with van der Waals surface area (Å²) in [5.74, 6) is 6.05. The van der Waals surface area contributed by atoms with Crippen LogP contribution in [0.3, 0.4) is 0 Å². The van der Waals surface area contributed by atoms with E-state index in [-0.39, 0.29) is 24.6 Å². The first-order chi connectivity index (χ1) is 20.3. The van der Waals surface area contributed by atoms with Crippen molar-refractivity contribution in [2.45, 2.75) is 64.4 Å². The van der Waals surface area contributed by atoms with Gasteiger partial charge in [-0.3, -0.25) is 15.0 Å². The van der Waals surface area contributed by atoms with Crippen molar-refractivity contribution in [3.8, 4) is 17.6 Å². The molecule has 222 valence electrons. The number of benzene rings is 2. The molecule has 0 bridgehead atoms. The Morgan fingerprint density at radius 2 is 1.90 bits per heavy atom. The van der Waals surface area contributed by atoms with Gasteiger partial charge in [0.05, 0.1) is 19.8 Å². The van der Waals surface area contributed by atoms with Crippen LogP contribution in [0.25, 0.3) is 0 Å². The molecule has 0 radical (unpaired) electrons. The lowest BCUT2D eigenvalue weighted by Gasteiger charge is -2.32. The van der Waals surface area contributed by atoms with Gasteiger partial charge in [-0.1, -0.05) is 36.8 Å². The monoisotopic (exact) mass is 575 g/mol. The molecule has 5 rings (SSSR count). The number of unbranched alkanes of at least 4 members (excludes halogenated alkanes) is 3. The van der Waals surface area contributed by atoms with Gasteiger partial charge in [0.2, 0.25) is 11.7 Å². The van der Waals surface area contributed by atoms with Crippen molar-refractivity contribution in [2.75, 3.05) is 37.7 Å². The molecule has 1 N–H and O–H groups in total. The third-order valence-electron chi connectivity index (χ3n) is 7.30. The molecule has 0 spiro atoms.